The molecule has 0 aliphatic heterocycles. The molecule has 0 unspecified atom stereocenters. The minimum Gasteiger partial charge on any atom is -0.422 e. The van der Waals surface area contributed by atoms with Gasteiger partial charge in [-0.1, -0.05) is 36.2 Å². The van der Waals surface area contributed by atoms with Crippen molar-refractivity contribution >= 4 is 41.3 Å². The molecule has 0 spiro atoms. The van der Waals surface area contributed by atoms with E-state index in [1.54, 1.807) is 67.6 Å². The fourth-order valence-corrected chi connectivity index (χ4v) is 3.00. The van der Waals surface area contributed by atoms with E-state index in [1.807, 2.05) is 13.0 Å². The van der Waals surface area contributed by atoms with Crippen LogP contribution in [0.2, 0.25) is 5.02 Å². The molecule has 33 heavy (non-hydrogen) atoms. The maximum Gasteiger partial charge on any atom is 0.343 e. The van der Waals surface area contributed by atoms with Crippen LogP contribution in [0.3, 0.4) is 0 Å². The SMILES string of the molecule is CCC(=O)Nc1ccc(C(=O)N/N=C/c2cc(Cl)ccc2OC(=O)c2cccc(C)c2)cc1. The summed E-state index contributed by atoms with van der Waals surface area (Å²) in [4.78, 5) is 36.3. The Hall–Kier alpha value is -3.97. The van der Waals surface area contributed by atoms with Crippen molar-refractivity contribution < 1.29 is 19.1 Å². The predicted octanol–water partition coefficient (Wildman–Crippen LogP) is 4.98. The van der Waals surface area contributed by atoms with Crippen LogP contribution in [0.4, 0.5) is 5.69 Å². The Morgan fingerprint density at radius 3 is 2.45 bits per heavy atom. The van der Waals surface area contributed by atoms with Gasteiger partial charge in [-0.3, -0.25) is 9.59 Å². The minimum atomic E-state index is -0.519. The van der Waals surface area contributed by atoms with Gasteiger partial charge in [0.15, 0.2) is 0 Å². The highest BCUT2D eigenvalue weighted by molar-refractivity contribution is 6.31. The number of esters is 1. The van der Waals surface area contributed by atoms with Crippen molar-refractivity contribution in [3.05, 3.63) is 94.0 Å². The quantitative estimate of drug-likeness (QED) is 0.223. The van der Waals surface area contributed by atoms with Gasteiger partial charge in [-0.15, -0.1) is 0 Å². The summed E-state index contributed by atoms with van der Waals surface area (Å²) < 4.78 is 5.50. The second-order valence-electron chi connectivity index (χ2n) is 7.12. The lowest BCUT2D eigenvalue weighted by Crippen LogP contribution is -2.18. The van der Waals surface area contributed by atoms with E-state index < -0.39 is 11.9 Å². The van der Waals surface area contributed by atoms with Crippen molar-refractivity contribution in [2.75, 3.05) is 5.32 Å². The second-order valence-corrected chi connectivity index (χ2v) is 7.56. The number of amides is 2. The van der Waals surface area contributed by atoms with Gasteiger partial charge in [-0.25, -0.2) is 10.2 Å². The van der Waals surface area contributed by atoms with Crippen LogP contribution >= 0.6 is 11.6 Å². The summed E-state index contributed by atoms with van der Waals surface area (Å²) in [5.74, 6) is -0.827. The number of hydrogen-bond acceptors (Lipinski definition) is 5. The Labute approximate surface area is 196 Å². The molecule has 0 aliphatic rings. The van der Waals surface area contributed by atoms with Gasteiger partial charge in [-0.2, -0.15) is 5.10 Å². The zero-order chi connectivity index (χ0) is 23.8. The van der Waals surface area contributed by atoms with Crippen LogP contribution in [0.25, 0.3) is 0 Å². The number of aryl methyl sites for hydroxylation is 1. The summed E-state index contributed by atoms with van der Waals surface area (Å²) in [5.41, 5.74) is 5.15. The first-order chi connectivity index (χ1) is 15.9. The summed E-state index contributed by atoms with van der Waals surface area (Å²) in [7, 11) is 0. The van der Waals surface area contributed by atoms with Gasteiger partial charge in [0.2, 0.25) is 5.91 Å². The first-order valence-electron chi connectivity index (χ1n) is 10.2. The van der Waals surface area contributed by atoms with Crippen LogP contribution in [0.1, 0.15) is 45.2 Å². The average molecular weight is 464 g/mol. The van der Waals surface area contributed by atoms with Gasteiger partial charge in [0.05, 0.1) is 11.8 Å². The molecule has 3 aromatic carbocycles. The van der Waals surface area contributed by atoms with Crippen molar-refractivity contribution in [1.82, 2.24) is 5.43 Å². The van der Waals surface area contributed by atoms with E-state index in [0.717, 1.165) is 5.56 Å². The predicted molar refractivity (Wildman–Crippen MR) is 128 cm³/mol. The molecule has 3 rings (SSSR count). The summed E-state index contributed by atoms with van der Waals surface area (Å²) in [6, 6.07) is 18.2. The Morgan fingerprint density at radius 1 is 1.00 bits per heavy atom. The largest absolute Gasteiger partial charge is 0.422 e. The summed E-state index contributed by atoms with van der Waals surface area (Å²) in [6.45, 7) is 3.64. The maximum atomic E-state index is 12.5. The molecule has 0 saturated heterocycles. The minimum absolute atomic E-state index is 0.114. The number of benzene rings is 3. The fraction of sp³-hybridized carbons (Fsp3) is 0.120. The Morgan fingerprint density at radius 2 is 1.76 bits per heavy atom. The normalized spacial score (nSPS) is 10.6. The lowest BCUT2D eigenvalue weighted by molar-refractivity contribution is -0.115. The molecule has 0 aliphatic carbocycles. The first-order valence-corrected chi connectivity index (χ1v) is 10.5. The average Bonchev–Trinajstić information content (AvgIpc) is 2.81. The monoisotopic (exact) mass is 463 g/mol. The number of nitrogens with zero attached hydrogens (tertiary/aromatic N) is 1. The first kappa shape index (κ1) is 23.7. The molecule has 0 heterocycles. The smallest absolute Gasteiger partial charge is 0.343 e. The highest BCUT2D eigenvalue weighted by Crippen LogP contribution is 2.23. The van der Waals surface area contributed by atoms with E-state index >= 15 is 0 Å². The third-order valence-corrected chi connectivity index (χ3v) is 4.79. The van der Waals surface area contributed by atoms with Gasteiger partial charge in [-0.05, 0) is 61.5 Å². The second kappa shape index (κ2) is 11.1. The molecule has 0 radical (unpaired) electrons. The third-order valence-electron chi connectivity index (χ3n) is 4.55. The lowest BCUT2D eigenvalue weighted by atomic mass is 10.1. The summed E-state index contributed by atoms with van der Waals surface area (Å²) in [6.07, 6.45) is 1.71. The molecule has 7 nitrogen and oxygen atoms in total. The molecule has 0 atom stereocenters. The standard InChI is InChI=1S/C25H22ClN3O4/c1-3-23(30)28-21-10-7-17(8-11-21)24(31)29-27-15-19-14-20(26)9-12-22(19)33-25(32)18-6-4-5-16(2)13-18/h4-15H,3H2,1-2H3,(H,28,30)(H,29,31)/b27-15+. The van der Waals surface area contributed by atoms with E-state index in [0.29, 0.717) is 33.8 Å². The van der Waals surface area contributed by atoms with Crippen LogP contribution in [0, 0.1) is 6.92 Å². The number of carbonyl (C=O) groups excluding carboxylic acids is 3. The number of ether oxygens (including phenoxy) is 1. The molecular formula is C25H22ClN3O4. The van der Waals surface area contributed by atoms with Gasteiger partial charge < -0.3 is 10.1 Å². The summed E-state index contributed by atoms with van der Waals surface area (Å²) in [5, 5.41) is 7.08. The number of rotatable bonds is 7. The van der Waals surface area contributed by atoms with Gasteiger partial charge in [0, 0.05) is 28.3 Å². The highest BCUT2D eigenvalue weighted by Gasteiger charge is 2.12. The number of hydrazone groups is 1. The van der Waals surface area contributed by atoms with Gasteiger partial charge >= 0.3 is 5.97 Å². The Kier molecular flexibility index (Phi) is 7.94. The molecule has 0 aromatic heterocycles. The Bertz CT molecular complexity index is 1210. The molecule has 2 amide bonds. The zero-order valence-electron chi connectivity index (χ0n) is 18.1. The highest BCUT2D eigenvalue weighted by atomic mass is 35.5. The van der Waals surface area contributed by atoms with Crippen LogP contribution in [0.15, 0.2) is 71.8 Å². The molecule has 8 heteroatoms. The lowest BCUT2D eigenvalue weighted by Gasteiger charge is -2.08. The van der Waals surface area contributed by atoms with E-state index in [1.165, 1.54) is 6.21 Å². The molecule has 168 valence electrons. The molecule has 0 fully saturated rings. The molecule has 3 aromatic rings. The van der Waals surface area contributed by atoms with E-state index in [4.69, 9.17) is 16.3 Å². The van der Waals surface area contributed by atoms with Crippen molar-refractivity contribution in [2.24, 2.45) is 5.10 Å². The van der Waals surface area contributed by atoms with Crippen LogP contribution < -0.4 is 15.5 Å². The fourth-order valence-electron chi connectivity index (χ4n) is 2.82. The number of hydrogen-bond donors (Lipinski definition) is 2. The zero-order valence-corrected chi connectivity index (χ0v) is 18.8. The van der Waals surface area contributed by atoms with Crippen molar-refractivity contribution in [1.29, 1.82) is 0 Å². The third kappa shape index (κ3) is 6.75. The number of anilines is 1. The van der Waals surface area contributed by atoms with Crippen molar-refractivity contribution in [3.8, 4) is 5.75 Å². The Balaban J connectivity index is 1.68. The number of carbonyl (C=O) groups is 3. The topological polar surface area (TPSA) is 96.9 Å². The maximum absolute atomic E-state index is 12.5. The molecule has 0 saturated carbocycles. The van der Waals surface area contributed by atoms with Gasteiger partial charge in [0.25, 0.3) is 5.91 Å². The molecule has 0 bridgehead atoms. The van der Waals surface area contributed by atoms with Gasteiger partial charge in [0.1, 0.15) is 5.75 Å². The van der Waals surface area contributed by atoms with E-state index in [2.05, 4.69) is 15.8 Å². The van der Waals surface area contributed by atoms with E-state index in [9.17, 15) is 14.4 Å². The molecular weight excluding hydrogens is 442 g/mol. The number of nitrogens with one attached hydrogen (secondary N) is 2. The molecule has 2 N–H and O–H groups in total. The summed E-state index contributed by atoms with van der Waals surface area (Å²) >= 11 is 6.07. The van der Waals surface area contributed by atoms with E-state index in [-0.39, 0.29) is 11.7 Å². The van der Waals surface area contributed by atoms with Crippen LogP contribution in [-0.2, 0) is 4.79 Å². The van der Waals surface area contributed by atoms with Crippen LogP contribution in [0.5, 0.6) is 5.75 Å². The number of halogens is 1. The van der Waals surface area contributed by atoms with Crippen molar-refractivity contribution in [3.63, 3.8) is 0 Å². The van der Waals surface area contributed by atoms with Crippen LogP contribution in [-0.4, -0.2) is 24.0 Å². The van der Waals surface area contributed by atoms with Crippen molar-refractivity contribution in [2.45, 2.75) is 20.3 Å².